The summed E-state index contributed by atoms with van der Waals surface area (Å²) in [7, 11) is 0. The maximum absolute atomic E-state index is 11.8. The van der Waals surface area contributed by atoms with Crippen LogP contribution in [0.2, 0.25) is 0 Å². The van der Waals surface area contributed by atoms with Crippen molar-refractivity contribution in [2.24, 2.45) is 0 Å². The molecule has 21 heavy (non-hydrogen) atoms. The highest BCUT2D eigenvalue weighted by atomic mass is 79.9. The summed E-state index contributed by atoms with van der Waals surface area (Å²) in [5.41, 5.74) is 3.52. The van der Waals surface area contributed by atoms with Crippen LogP contribution in [0.5, 0.6) is 5.75 Å². The first-order valence-electron chi connectivity index (χ1n) is 6.76. The van der Waals surface area contributed by atoms with E-state index in [1.807, 2.05) is 43.3 Å². The Morgan fingerprint density at radius 2 is 1.95 bits per heavy atom. The molecule has 0 heterocycles. The van der Waals surface area contributed by atoms with Crippen LogP contribution in [0.15, 0.2) is 46.9 Å². The van der Waals surface area contributed by atoms with E-state index in [4.69, 9.17) is 4.74 Å². The second-order valence-corrected chi connectivity index (χ2v) is 5.78. The van der Waals surface area contributed by atoms with E-state index in [1.165, 1.54) is 11.1 Å². The Hall–Kier alpha value is -1.81. The molecule has 0 bridgehead atoms. The zero-order valence-electron chi connectivity index (χ0n) is 12.2. The summed E-state index contributed by atoms with van der Waals surface area (Å²) in [4.78, 5) is 11.8. The van der Waals surface area contributed by atoms with E-state index in [9.17, 15) is 4.79 Å². The van der Waals surface area contributed by atoms with E-state index in [0.717, 1.165) is 10.0 Å². The highest BCUT2D eigenvalue weighted by Crippen LogP contribution is 2.23. The summed E-state index contributed by atoms with van der Waals surface area (Å²) in [6.45, 7) is 4.63. The molecule has 0 aliphatic carbocycles. The molecule has 3 nitrogen and oxygen atoms in total. The van der Waals surface area contributed by atoms with Gasteiger partial charge in [-0.15, -0.1) is 0 Å². The molecular formula is C17H18BrNO2. The molecule has 2 aromatic rings. The summed E-state index contributed by atoms with van der Waals surface area (Å²) in [6.07, 6.45) is 0. The minimum absolute atomic E-state index is 0.00746. The van der Waals surface area contributed by atoms with Gasteiger partial charge in [0.15, 0.2) is 6.61 Å². The third-order valence-electron chi connectivity index (χ3n) is 3.17. The van der Waals surface area contributed by atoms with Crippen LogP contribution in [0.4, 0.5) is 0 Å². The summed E-state index contributed by atoms with van der Waals surface area (Å²) >= 11 is 3.38. The topological polar surface area (TPSA) is 38.3 Å². The molecule has 0 aromatic heterocycles. The fraction of sp³-hybridized carbons (Fsp3) is 0.235. The van der Waals surface area contributed by atoms with E-state index in [2.05, 4.69) is 34.2 Å². The minimum atomic E-state index is -0.134. The SMILES string of the molecule is Cc1ccc(CNC(=O)COc2ccccc2Br)c(C)c1. The van der Waals surface area contributed by atoms with Gasteiger partial charge in [0, 0.05) is 6.54 Å². The van der Waals surface area contributed by atoms with Crippen LogP contribution in [0.1, 0.15) is 16.7 Å². The third kappa shape index (κ3) is 4.60. The number of amides is 1. The average molecular weight is 348 g/mol. The zero-order valence-corrected chi connectivity index (χ0v) is 13.7. The molecule has 0 aliphatic heterocycles. The van der Waals surface area contributed by atoms with E-state index in [1.54, 1.807) is 0 Å². The maximum atomic E-state index is 11.8. The van der Waals surface area contributed by atoms with Crippen molar-refractivity contribution >= 4 is 21.8 Å². The summed E-state index contributed by atoms with van der Waals surface area (Å²) in [6, 6.07) is 13.7. The number of hydrogen-bond acceptors (Lipinski definition) is 2. The predicted octanol–water partition coefficient (Wildman–Crippen LogP) is 3.76. The molecular weight excluding hydrogens is 330 g/mol. The van der Waals surface area contributed by atoms with Crippen molar-refractivity contribution in [3.63, 3.8) is 0 Å². The van der Waals surface area contributed by atoms with Gasteiger partial charge in [0.2, 0.25) is 0 Å². The number of halogens is 1. The van der Waals surface area contributed by atoms with Gasteiger partial charge in [-0.1, -0.05) is 35.9 Å². The molecule has 2 aromatic carbocycles. The van der Waals surface area contributed by atoms with E-state index in [-0.39, 0.29) is 12.5 Å². The van der Waals surface area contributed by atoms with E-state index < -0.39 is 0 Å². The van der Waals surface area contributed by atoms with Crippen LogP contribution in [-0.4, -0.2) is 12.5 Å². The monoisotopic (exact) mass is 347 g/mol. The number of benzene rings is 2. The standard InChI is InChI=1S/C17H18BrNO2/c1-12-7-8-14(13(2)9-12)10-19-17(20)11-21-16-6-4-3-5-15(16)18/h3-9H,10-11H2,1-2H3,(H,19,20). The summed E-state index contributed by atoms with van der Waals surface area (Å²) < 4.78 is 6.32. The second kappa shape index (κ2) is 7.27. The number of carbonyl (C=O) groups is 1. The van der Waals surface area contributed by atoms with E-state index in [0.29, 0.717) is 12.3 Å². The van der Waals surface area contributed by atoms with Gasteiger partial charge in [0.25, 0.3) is 5.91 Å². The molecule has 0 aliphatic rings. The smallest absolute Gasteiger partial charge is 0.258 e. The van der Waals surface area contributed by atoms with Gasteiger partial charge in [0.05, 0.1) is 4.47 Å². The molecule has 4 heteroatoms. The first kappa shape index (κ1) is 15.6. The van der Waals surface area contributed by atoms with Crippen molar-refractivity contribution in [3.8, 4) is 5.75 Å². The fourth-order valence-corrected chi connectivity index (χ4v) is 2.39. The first-order chi connectivity index (χ1) is 10.1. The van der Waals surface area contributed by atoms with Crippen LogP contribution < -0.4 is 10.1 Å². The molecule has 0 saturated carbocycles. The normalized spacial score (nSPS) is 10.2. The molecule has 110 valence electrons. The second-order valence-electron chi connectivity index (χ2n) is 4.93. The molecule has 2 rings (SSSR count). The van der Waals surface area contributed by atoms with Crippen molar-refractivity contribution in [1.82, 2.24) is 5.32 Å². The molecule has 0 saturated heterocycles. The Balaban J connectivity index is 1.84. The van der Waals surface area contributed by atoms with Crippen LogP contribution in [0, 0.1) is 13.8 Å². The Morgan fingerprint density at radius 1 is 1.19 bits per heavy atom. The fourth-order valence-electron chi connectivity index (χ4n) is 1.99. The van der Waals surface area contributed by atoms with E-state index >= 15 is 0 Å². The van der Waals surface area contributed by atoms with Crippen LogP contribution in [0.25, 0.3) is 0 Å². The first-order valence-corrected chi connectivity index (χ1v) is 7.55. The number of hydrogen-bond donors (Lipinski definition) is 1. The van der Waals surface area contributed by atoms with Crippen molar-refractivity contribution < 1.29 is 9.53 Å². The average Bonchev–Trinajstić information content (AvgIpc) is 2.45. The lowest BCUT2D eigenvalue weighted by Crippen LogP contribution is -2.28. The summed E-state index contributed by atoms with van der Waals surface area (Å²) in [5.74, 6) is 0.532. The van der Waals surface area contributed by atoms with Gasteiger partial charge in [-0.05, 0) is 53.0 Å². The van der Waals surface area contributed by atoms with Gasteiger partial charge in [-0.2, -0.15) is 0 Å². The lowest BCUT2D eigenvalue weighted by atomic mass is 10.1. The van der Waals surface area contributed by atoms with Crippen molar-refractivity contribution in [2.75, 3.05) is 6.61 Å². The van der Waals surface area contributed by atoms with Gasteiger partial charge in [-0.25, -0.2) is 0 Å². The molecule has 1 amide bonds. The lowest BCUT2D eigenvalue weighted by Gasteiger charge is -2.10. The molecule has 0 fully saturated rings. The number of nitrogens with one attached hydrogen (secondary N) is 1. The van der Waals surface area contributed by atoms with Crippen molar-refractivity contribution in [1.29, 1.82) is 0 Å². The summed E-state index contributed by atoms with van der Waals surface area (Å²) in [5, 5.41) is 2.87. The highest BCUT2D eigenvalue weighted by Gasteiger charge is 2.06. The third-order valence-corrected chi connectivity index (χ3v) is 3.82. The Bertz CT molecular complexity index is 640. The van der Waals surface area contributed by atoms with Crippen LogP contribution in [0.3, 0.4) is 0 Å². The van der Waals surface area contributed by atoms with Crippen molar-refractivity contribution in [2.45, 2.75) is 20.4 Å². The van der Waals surface area contributed by atoms with Gasteiger partial charge in [0.1, 0.15) is 5.75 Å². The van der Waals surface area contributed by atoms with Crippen molar-refractivity contribution in [3.05, 3.63) is 63.6 Å². The quantitative estimate of drug-likeness (QED) is 0.894. The Labute approximate surface area is 133 Å². The van der Waals surface area contributed by atoms with Crippen LogP contribution in [-0.2, 0) is 11.3 Å². The number of aryl methyl sites for hydroxylation is 2. The number of ether oxygens (including phenoxy) is 1. The predicted molar refractivity (Wildman–Crippen MR) is 87.4 cm³/mol. The van der Waals surface area contributed by atoms with Gasteiger partial charge in [-0.3, -0.25) is 4.79 Å². The molecule has 0 spiro atoms. The molecule has 0 radical (unpaired) electrons. The number of carbonyl (C=O) groups excluding carboxylic acids is 1. The molecule has 1 N–H and O–H groups in total. The lowest BCUT2D eigenvalue weighted by molar-refractivity contribution is -0.123. The Morgan fingerprint density at radius 3 is 2.67 bits per heavy atom. The molecule has 0 atom stereocenters. The van der Waals surface area contributed by atoms with Gasteiger partial charge >= 0.3 is 0 Å². The zero-order chi connectivity index (χ0) is 15.2. The number of para-hydroxylation sites is 1. The largest absolute Gasteiger partial charge is 0.483 e. The van der Waals surface area contributed by atoms with Crippen LogP contribution >= 0.6 is 15.9 Å². The number of rotatable bonds is 5. The Kier molecular flexibility index (Phi) is 5.39. The minimum Gasteiger partial charge on any atom is -0.483 e. The van der Waals surface area contributed by atoms with Gasteiger partial charge < -0.3 is 10.1 Å². The molecule has 0 unspecified atom stereocenters. The maximum Gasteiger partial charge on any atom is 0.258 e. The highest BCUT2D eigenvalue weighted by molar-refractivity contribution is 9.10.